The fourth-order valence-electron chi connectivity index (χ4n) is 2.59. The molecule has 2 aromatic heterocycles. The minimum Gasteiger partial charge on any atom is -0.447 e. The van der Waals surface area contributed by atoms with Gasteiger partial charge in [-0.3, -0.25) is 9.69 Å². The van der Waals surface area contributed by atoms with Gasteiger partial charge in [0.1, 0.15) is 6.61 Å². The third kappa shape index (κ3) is 3.11. The number of primary amides is 1. The Morgan fingerprint density at radius 3 is 2.72 bits per heavy atom. The Labute approximate surface area is 145 Å². The highest BCUT2D eigenvalue weighted by molar-refractivity contribution is 6.02. The van der Waals surface area contributed by atoms with Crippen molar-refractivity contribution in [3.8, 4) is 0 Å². The summed E-state index contributed by atoms with van der Waals surface area (Å²) in [7, 11) is 0. The molecule has 134 valence electrons. The molecule has 8 nitrogen and oxygen atoms in total. The molecule has 1 aliphatic rings. The van der Waals surface area contributed by atoms with Crippen molar-refractivity contribution in [3.05, 3.63) is 24.0 Å². The first kappa shape index (κ1) is 17.1. The maximum absolute atomic E-state index is 11.9. The number of cyclic esters (lactones) is 1. The summed E-state index contributed by atoms with van der Waals surface area (Å²) in [5.74, 6) is -0.554. The number of carbonyl (C=O) groups excluding carboxylic acids is 2. The van der Waals surface area contributed by atoms with Gasteiger partial charge in [0.25, 0.3) is 5.91 Å². The molecular formula is C17H23N5O3. The summed E-state index contributed by atoms with van der Waals surface area (Å²) >= 11 is 0. The number of rotatable bonds is 4. The first-order valence-electron chi connectivity index (χ1n) is 8.20. The van der Waals surface area contributed by atoms with Gasteiger partial charge in [-0.2, -0.15) is 5.10 Å². The zero-order valence-corrected chi connectivity index (χ0v) is 14.9. The van der Waals surface area contributed by atoms with Crippen molar-refractivity contribution in [2.75, 3.05) is 23.4 Å². The van der Waals surface area contributed by atoms with Crippen molar-refractivity contribution in [1.82, 2.24) is 9.61 Å². The van der Waals surface area contributed by atoms with E-state index >= 15 is 0 Å². The molecule has 3 rings (SSSR count). The second-order valence-electron chi connectivity index (χ2n) is 7.32. The topological polar surface area (TPSA) is 102 Å². The lowest BCUT2D eigenvalue weighted by molar-refractivity contribution is 0.100. The Bertz CT molecular complexity index is 837. The predicted molar refractivity (Wildman–Crippen MR) is 94.9 cm³/mol. The monoisotopic (exact) mass is 345 g/mol. The molecule has 1 fully saturated rings. The maximum Gasteiger partial charge on any atom is 0.414 e. The summed E-state index contributed by atoms with van der Waals surface area (Å²) in [5.41, 5.74) is 7.79. The van der Waals surface area contributed by atoms with E-state index in [1.165, 1.54) is 11.1 Å². The lowest BCUT2D eigenvalue weighted by Crippen LogP contribution is -2.32. The Hall–Kier alpha value is -2.77. The highest BCUT2D eigenvalue weighted by atomic mass is 16.6. The van der Waals surface area contributed by atoms with Gasteiger partial charge in [0.05, 0.1) is 41.4 Å². The van der Waals surface area contributed by atoms with E-state index in [-0.39, 0.29) is 17.6 Å². The van der Waals surface area contributed by atoms with Crippen LogP contribution in [-0.4, -0.2) is 40.8 Å². The van der Waals surface area contributed by atoms with Crippen molar-refractivity contribution < 1.29 is 14.3 Å². The van der Waals surface area contributed by atoms with Crippen LogP contribution in [0.25, 0.3) is 5.52 Å². The molecule has 0 spiro atoms. The van der Waals surface area contributed by atoms with E-state index in [1.807, 2.05) is 13.0 Å². The fraction of sp³-hybridized carbons (Fsp3) is 0.471. The minimum absolute atomic E-state index is 0.0244. The van der Waals surface area contributed by atoms with Gasteiger partial charge in [-0.05, 0) is 18.4 Å². The minimum atomic E-state index is -0.554. The number of ether oxygens (including phenoxy) is 1. The first-order valence-corrected chi connectivity index (χ1v) is 8.20. The third-order valence-electron chi connectivity index (χ3n) is 4.62. The molecule has 0 radical (unpaired) electrons. The first-order chi connectivity index (χ1) is 11.7. The average molecular weight is 345 g/mol. The van der Waals surface area contributed by atoms with Crippen LogP contribution in [0.1, 0.15) is 38.1 Å². The van der Waals surface area contributed by atoms with E-state index in [2.05, 4.69) is 31.2 Å². The molecule has 0 aromatic carbocycles. The molecule has 2 amide bonds. The summed E-state index contributed by atoms with van der Waals surface area (Å²) in [5, 5.41) is 7.64. The number of nitrogens with one attached hydrogen (secondary N) is 1. The maximum atomic E-state index is 11.9. The van der Waals surface area contributed by atoms with Crippen LogP contribution in [0.5, 0.6) is 0 Å². The van der Waals surface area contributed by atoms with Crippen LogP contribution in [0.3, 0.4) is 0 Å². The molecule has 1 saturated heterocycles. The third-order valence-corrected chi connectivity index (χ3v) is 4.62. The average Bonchev–Trinajstić information content (AvgIpc) is 3.11. The van der Waals surface area contributed by atoms with Gasteiger partial charge in [-0.15, -0.1) is 0 Å². The van der Waals surface area contributed by atoms with Crippen LogP contribution in [0, 0.1) is 5.41 Å². The van der Waals surface area contributed by atoms with Gasteiger partial charge >= 0.3 is 6.09 Å². The van der Waals surface area contributed by atoms with Crippen molar-refractivity contribution in [3.63, 3.8) is 0 Å². The molecule has 0 bridgehead atoms. The number of anilines is 2. The SMILES string of the molecule is CC(Nc1c(C(N)=O)cnn2cc(N3CCOC3=O)cc12)C(C)(C)C. The van der Waals surface area contributed by atoms with Crippen molar-refractivity contribution in [2.24, 2.45) is 11.1 Å². The predicted octanol–water partition coefficient (Wildman–Crippen LogP) is 2.24. The van der Waals surface area contributed by atoms with E-state index < -0.39 is 5.91 Å². The molecule has 0 aliphatic carbocycles. The molecule has 1 aliphatic heterocycles. The van der Waals surface area contributed by atoms with E-state index in [0.717, 1.165) is 0 Å². The Morgan fingerprint density at radius 1 is 1.44 bits per heavy atom. The zero-order chi connectivity index (χ0) is 18.4. The van der Waals surface area contributed by atoms with E-state index in [1.54, 1.807) is 10.7 Å². The van der Waals surface area contributed by atoms with Gasteiger partial charge in [0.15, 0.2) is 0 Å². The number of hydrogen-bond donors (Lipinski definition) is 2. The van der Waals surface area contributed by atoms with Crippen LogP contribution in [-0.2, 0) is 4.74 Å². The number of fused-ring (bicyclic) bond motifs is 1. The van der Waals surface area contributed by atoms with Crippen molar-refractivity contribution >= 4 is 28.9 Å². The van der Waals surface area contributed by atoms with Crippen LogP contribution in [0.15, 0.2) is 18.5 Å². The molecular weight excluding hydrogens is 322 g/mol. The number of nitrogens with two attached hydrogens (primary N) is 1. The quantitative estimate of drug-likeness (QED) is 0.885. The Balaban J connectivity index is 2.10. The van der Waals surface area contributed by atoms with E-state index in [4.69, 9.17) is 10.5 Å². The molecule has 25 heavy (non-hydrogen) atoms. The van der Waals surface area contributed by atoms with Gasteiger partial charge in [0.2, 0.25) is 0 Å². The molecule has 0 saturated carbocycles. The Morgan fingerprint density at radius 2 is 2.16 bits per heavy atom. The Kier molecular flexibility index (Phi) is 4.06. The molecule has 3 heterocycles. The fourth-order valence-corrected chi connectivity index (χ4v) is 2.59. The van der Waals surface area contributed by atoms with Crippen LogP contribution < -0.4 is 16.0 Å². The standard InChI is InChI=1S/C17H23N5O3/c1-10(17(2,3)4)20-14-12(15(18)23)8-19-22-9-11(7-13(14)22)21-5-6-25-16(21)24/h7-10,20H,5-6H2,1-4H3,(H2,18,23). The van der Waals surface area contributed by atoms with Crippen LogP contribution in [0.2, 0.25) is 0 Å². The smallest absolute Gasteiger partial charge is 0.414 e. The van der Waals surface area contributed by atoms with Crippen LogP contribution in [0.4, 0.5) is 16.2 Å². The summed E-state index contributed by atoms with van der Waals surface area (Å²) < 4.78 is 6.61. The number of aromatic nitrogens is 2. The molecule has 8 heteroatoms. The van der Waals surface area contributed by atoms with E-state index in [9.17, 15) is 9.59 Å². The molecule has 1 atom stereocenters. The van der Waals surface area contributed by atoms with Gasteiger partial charge in [0, 0.05) is 6.04 Å². The summed E-state index contributed by atoms with van der Waals surface area (Å²) in [4.78, 5) is 25.2. The number of carbonyl (C=O) groups is 2. The van der Waals surface area contributed by atoms with Crippen molar-refractivity contribution in [1.29, 1.82) is 0 Å². The van der Waals surface area contributed by atoms with Crippen molar-refractivity contribution in [2.45, 2.75) is 33.7 Å². The van der Waals surface area contributed by atoms with Gasteiger partial charge < -0.3 is 15.8 Å². The van der Waals surface area contributed by atoms with E-state index in [0.29, 0.717) is 35.6 Å². The number of hydrogen-bond acceptors (Lipinski definition) is 5. The largest absolute Gasteiger partial charge is 0.447 e. The number of nitrogens with zero attached hydrogens (tertiary/aromatic N) is 3. The second kappa shape index (κ2) is 5.94. The van der Waals surface area contributed by atoms with Gasteiger partial charge in [-0.1, -0.05) is 20.8 Å². The molecule has 2 aromatic rings. The zero-order valence-electron chi connectivity index (χ0n) is 14.9. The molecule has 1 unspecified atom stereocenters. The second-order valence-corrected chi connectivity index (χ2v) is 7.32. The highest BCUT2D eigenvalue weighted by Gasteiger charge is 2.27. The summed E-state index contributed by atoms with van der Waals surface area (Å²) in [6, 6.07) is 1.89. The normalized spacial score (nSPS) is 16.2. The van der Waals surface area contributed by atoms with Gasteiger partial charge in [-0.25, -0.2) is 9.31 Å². The number of amides is 2. The lowest BCUT2D eigenvalue weighted by Gasteiger charge is -2.29. The van der Waals surface area contributed by atoms with Crippen LogP contribution >= 0.6 is 0 Å². The summed E-state index contributed by atoms with van der Waals surface area (Å²) in [6.07, 6.45) is 2.79. The lowest BCUT2D eigenvalue weighted by atomic mass is 9.88. The summed E-state index contributed by atoms with van der Waals surface area (Å²) in [6.45, 7) is 9.21. The highest BCUT2D eigenvalue weighted by Crippen LogP contribution is 2.31. The molecule has 3 N–H and O–H groups in total.